The van der Waals surface area contributed by atoms with Gasteiger partial charge in [0.05, 0.1) is 5.60 Å². The summed E-state index contributed by atoms with van der Waals surface area (Å²) >= 11 is 8.11. The average molecular weight is 245 g/mol. The second-order valence-electron chi connectivity index (χ2n) is 4.38. The molecule has 0 radical (unpaired) electrons. The van der Waals surface area contributed by atoms with Crippen LogP contribution in [0.4, 0.5) is 0 Å². The Morgan fingerprint density at radius 3 is 2.87 bits per heavy atom. The molecule has 0 saturated heterocycles. The minimum atomic E-state index is 0.0996. The number of thiophene rings is 1. The van der Waals surface area contributed by atoms with Gasteiger partial charge in [-0.1, -0.05) is 0 Å². The summed E-state index contributed by atoms with van der Waals surface area (Å²) < 4.78 is 5.58. The molecule has 3 heteroatoms. The third-order valence-corrected chi connectivity index (χ3v) is 4.37. The molecule has 1 unspecified atom stereocenters. The second kappa shape index (κ2) is 4.86. The third kappa shape index (κ3) is 2.74. The van der Waals surface area contributed by atoms with Gasteiger partial charge in [-0.3, -0.25) is 0 Å². The maximum atomic E-state index is 6.37. The monoisotopic (exact) mass is 244 g/mol. The first-order chi connectivity index (χ1) is 7.24. The lowest BCUT2D eigenvalue weighted by molar-refractivity contribution is -0.0777. The predicted octanol–water partition coefficient (Wildman–Crippen LogP) is 3.86. The Morgan fingerprint density at radius 1 is 1.60 bits per heavy atom. The van der Waals surface area contributed by atoms with Crippen LogP contribution in [0.1, 0.15) is 31.2 Å². The van der Waals surface area contributed by atoms with Crippen LogP contribution in [0.15, 0.2) is 16.8 Å². The number of ether oxygens (including phenoxy) is 1. The van der Waals surface area contributed by atoms with Crippen LogP contribution in [0.3, 0.4) is 0 Å². The Balaban J connectivity index is 1.84. The zero-order valence-electron chi connectivity index (χ0n) is 9.04. The summed E-state index contributed by atoms with van der Waals surface area (Å²) in [6.07, 6.45) is 5.60. The second-order valence-corrected chi connectivity index (χ2v) is 5.78. The van der Waals surface area contributed by atoms with Crippen LogP contribution in [0, 0.1) is 0 Å². The van der Waals surface area contributed by atoms with Gasteiger partial charge in [0.2, 0.25) is 0 Å². The van der Waals surface area contributed by atoms with Gasteiger partial charge >= 0.3 is 0 Å². The lowest BCUT2D eigenvalue weighted by Gasteiger charge is -2.41. The van der Waals surface area contributed by atoms with Gasteiger partial charge in [-0.2, -0.15) is 11.3 Å². The molecule has 1 aliphatic rings. The summed E-state index contributed by atoms with van der Waals surface area (Å²) in [5.74, 6) is 0. The SMILES string of the molecule is COC1(CC(Cl)Cc2ccsc2)CCC1. The largest absolute Gasteiger partial charge is 0.378 e. The van der Waals surface area contributed by atoms with Crippen molar-refractivity contribution in [1.82, 2.24) is 0 Å². The van der Waals surface area contributed by atoms with Crippen molar-refractivity contribution >= 4 is 22.9 Å². The van der Waals surface area contributed by atoms with Crippen molar-refractivity contribution in [1.29, 1.82) is 0 Å². The van der Waals surface area contributed by atoms with Crippen LogP contribution in [0.25, 0.3) is 0 Å². The van der Waals surface area contributed by atoms with Gasteiger partial charge in [-0.15, -0.1) is 11.6 Å². The van der Waals surface area contributed by atoms with Crippen LogP contribution in [-0.4, -0.2) is 18.1 Å². The minimum Gasteiger partial charge on any atom is -0.378 e. The summed E-state index contributed by atoms with van der Waals surface area (Å²) in [5, 5.41) is 4.49. The Bertz CT molecular complexity index is 287. The zero-order valence-corrected chi connectivity index (χ0v) is 10.6. The van der Waals surface area contributed by atoms with Crippen LogP contribution < -0.4 is 0 Å². The lowest BCUT2D eigenvalue weighted by Crippen LogP contribution is -2.41. The highest BCUT2D eigenvalue weighted by atomic mass is 35.5. The van der Waals surface area contributed by atoms with E-state index in [1.54, 1.807) is 11.3 Å². The number of hydrogen-bond acceptors (Lipinski definition) is 2. The topological polar surface area (TPSA) is 9.23 Å². The van der Waals surface area contributed by atoms with Crippen LogP contribution >= 0.6 is 22.9 Å². The maximum absolute atomic E-state index is 6.37. The Morgan fingerprint density at radius 2 is 2.40 bits per heavy atom. The highest BCUT2D eigenvalue weighted by Crippen LogP contribution is 2.40. The maximum Gasteiger partial charge on any atom is 0.0693 e. The van der Waals surface area contributed by atoms with E-state index in [0.717, 1.165) is 12.8 Å². The van der Waals surface area contributed by atoms with E-state index < -0.39 is 0 Å². The summed E-state index contributed by atoms with van der Waals surface area (Å²) in [5.41, 5.74) is 1.45. The van der Waals surface area contributed by atoms with E-state index in [1.165, 1.54) is 24.8 Å². The summed E-state index contributed by atoms with van der Waals surface area (Å²) in [4.78, 5) is 0. The smallest absolute Gasteiger partial charge is 0.0693 e. The molecule has 15 heavy (non-hydrogen) atoms. The van der Waals surface area contributed by atoms with Gasteiger partial charge in [0.15, 0.2) is 0 Å². The average Bonchev–Trinajstić information content (AvgIpc) is 2.64. The fourth-order valence-corrected chi connectivity index (χ4v) is 3.34. The molecule has 0 aliphatic heterocycles. The normalized spacial score (nSPS) is 20.9. The summed E-state index contributed by atoms with van der Waals surface area (Å²) in [6, 6.07) is 2.15. The molecule has 1 nitrogen and oxygen atoms in total. The minimum absolute atomic E-state index is 0.0996. The molecular formula is C12H17ClOS. The molecule has 0 amide bonds. The standard InChI is InChI=1S/C12H17ClOS/c1-14-12(4-2-5-12)8-11(13)7-10-3-6-15-9-10/h3,6,9,11H,2,4-5,7-8H2,1H3. The molecule has 0 aromatic carbocycles. The van der Waals surface area contributed by atoms with Crippen molar-refractivity contribution < 1.29 is 4.74 Å². The van der Waals surface area contributed by atoms with E-state index in [1.807, 2.05) is 7.11 Å². The number of alkyl halides is 1. The highest BCUT2D eigenvalue weighted by Gasteiger charge is 2.38. The predicted molar refractivity (Wildman–Crippen MR) is 65.9 cm³/mol. The number of hydrogen-bond donors (Lipinski definition) is 0. The molecule has 1 aliphatic carbocycles. The van der Waals surface area contributed by atoms with E-state index in [2.05, 4.69) is 16.8 Å². The Kier molecular flexibility index (Phi) is 3.70. The van der Waals surface area contributed by atoms with E-state index in [-0.39, 0.29) is 11.0 Å². The molecule has 1 aromatic rings. The first-order valence-electron chi connectivity index (χ1n) is 5.44. The van der Waals surface area contributed by atoms with Crippen molar-refractivity contribution in [2.24, 2.45) is 0 Å². The first-order valence-corrected chi connectivity index (χ1v) is 6.82. The molecule has 1 fully saturated rings. The number of rotatable bonds is 5. The van der Waals surface area contributed by atoms with Gasteiger partial charge in [0.25, 0.3) is 0 Å². The Hall–Kier alpha value is -0.0500. The van der Waals surface area contributed by atoms with Gasteiger partial charge in [0.1, 0.15) is 0 Å². The van der Waals surface area contributed by atoms with Crippen molar-refractivity contribution in [2.75, 3.05) is 7.11 Å². The summed E-state index contributed by atoms with van der Waals surface area (Å²) in [7, 11) is 1.81. The molecule has 1 saturated carbocycles. The summed E-state index contributed by atoms with van der Waals surface area (Å²) in [6.45, 7) is 0. The van der Waals surface area contributed by atoms with Gasteiger partial charge < -0.3 is 4.74 Å². The van der Waals surface area contributed by atoms with Crippen molar-refractivity contribution in [3.8, 4) is 0 Å². The van der Waals surface area contributed by atoms with E-state index >= 15 is 0 Å². The zero-order chi connectivity index (χ0) is 10.7. The molecule has 84 valence electrons. The van der Waals surface area contributed by atoms with E-state index in [9.17, 15) is 0 Å². The molecule has 1 heterocycles. The van der Waals surface area contributed by atoms with Gasteiger partial charge in [0, 0.05) is 12.5 Å². The number of methoxy groups -OCH3 is 1. The van der Waals surface area contributed by atoms with Gasteiger partial charge in [-0.05, 0) is 54.5 Å². The van der Waals surface area contributed by atoms with E-state index in [4.69, 9.17) is 16.3 Å². The first kappa shape index (κ1) is 11.4. The molecule has 2 rings (SSSR count). The lowest BCUT2D eigenvalue weighted by atomic mass is 9.76. The Labute approximate surface area is 100 Å². The molecular weight excluding hydrogens is 228 g/mol. The van der Waals surface area contributed by atoms with E-state index in [0.29, 0.717) is 0 Å². The molecule has 1 aromatic heterocycles. The van der Waals surface area contributed by atoms with Crippen molar-refractivity contribution in [3.05, 3.63) is 22.4 Å². The molecule has 1 atom stereocenters. The third-order valence-electron chi connectivity index (χ3n) is 3.33. The number of halogens is 1. The highest BCUT2D eigenvalue weighted by molar-refractivity contribution is 7.07. The van der Waals surface area contributed by atoms with Crippen molar-refractivity contribution in [2.45, 2.75) is 43.1 Å². The van der Waals surface area contributed by atoms with Gasteiger partial charge in [-0.25, -0.2) is 0 Å². The van der Waals surface area contributed by atoms with Crippen LogP contribution in [0.2, 0.25) is 0 Å². The van der Waals surface area contributed by atoms with Crippen LogP contribution in [-0.2, 0) is 11.2 Å². The fraction of sp³-hybridized carbons (Fsp3) is 0.667. The van der Waals surface area contributed by atoms with Crippen LogP contribution in [0.5, 0.6) is 0 Å². The fourth-order valence-electron chi connectivity index (χ4n) is 2.20. The quantitative estimate of drug-likeness (QED) is 0.715. The molecule has 0 bridgehead atoms. The molecule has 0 N–H and O–H groups in total. The van der Waals surface area contributed by atoms with Crippen molar-refractivity contribution in [3.63, 3.8) is 0 Å². The molecule has 0 spiro atoms.